The van der Waals surface area contributed by atoms with E-state index >= 15 is 0 Å². The second-order valence-corrected chi connectivity index (χ2v) is 6.07. The number of benzene rings is 2. The smallest absolute Gasteiger partial charge is 0.0637 e. The van der Waals surface area contributed by atoms with Gasteiger partial charge in [-0.2, -0.15) is 0 Å². The lowest BCUT2D eigenvalue weighted by Crippen LogP contribution is -2.19. The Kier molecular flexibility index (Phi) is 4.35. The van der Waals surface area contributed by atoms with Gasteiger partial charge in [-0.05, 0) is 49.1 Å². The Morgan fingerprint density at radius 2 is 1.86 bits per heavy atom. The van der Waals surface area contributed by atoms with Crippen LogP contribution in [-0.4, -0.2) is 13.1 Å². The molecule has 21 heavy (non-hydrogen) atoms. The molecule has 0 unspecified atom stereocenters. The van der Waals surface area contributed by atoms with Gasteiger partial charge in [0.25, 0.3) is 0 Å². The highest BCUT2D eigenvalue weighted by molar-refractivity contribution is 6.33. The predicted molar refractivity (Wildman–Crippen MR) is 91.4 cm³/mol. The summed E-state index contributed by atoms with van der Waals surface area (Å²) in [4.78, 5) is 2.48. The van der Waals surface area contributed by atoms with Crippen LogP contribution in [0.25, 0.3) is 0 Å². The monoisotopic (exact) mass is 300 g/mol. The van der Waals surface area contributed by atoms with E-state index in [0.717, 1.165) is 17.3 Å². The molecule has 110 valence electrons. The van der Waals surface area contributed by atoms with Crippen LogP contribution in [0.2, 0.25) is 5.02 Å². The third-order valence-electron chi connectivity index (χ3n) is 4.03. The van der Waals surface area contributed by atoms with Gasteiger partial charge in [0.2, 0.25) is 0 Å². The molecule has 2 nitrogen and oxygen atoms in total. The molecule has 0 spiro atoms. The minimum atomic E-state index is 0.777. The third kappa shape index (κ3) is 3.33. The molecule has 0 saturated carbocycles. The molecule has 1 heterocycles. The minimum Gasteiger partial charge on any atom is -0.380 e. The van der Waals surface area contributed by atoms with Crippen molar-refractivity contribution >= 4 is 23.0 Å². The first-order chi connectivity index (χ1) is 10.2. The number of halogens is 1. The highest BCUT2D eigenvalue weighted by Crippen LogP contribution is 2.27. The van der Waals surface area contributed by atoms with Crippen molar-refractivity contribution in [2.75, 3.05) is 23.3 Å². The molecule has 2 aromatic carbocycles. The molecule has 0 atom stereocenters. The summed E-state index contributed by atoms with van der Waals surface area (Å²) in [5.74, 6) is 0. The third-order valence-corrected chi connectivity index (χ3v) is 4.36. The molecular formula is C18H21ClN2. The van der Waals surface area contributed by atoms with Gasteiger partial charge in [0.05, 0.1) is 10.7 Å². The number of para-hydroxylation sites is 1. The van der Waals surface area contributed by atoms with Crippen LogP contribution < -0.4 is 10.2 Å². The second-order valence-electron chi connectivity index (χ2n) is 5.66. The molecule has 0 radical (unpaired) electrons. The van der Waals surface area contributed by atoms with Crippen molar-refractivity contribution in [1.29, 1.82) is 0 Å². The van der Waals surface area contributed by atoms with Crippen molar-refractivity contribution in [1.82, 2.24) is 0 Å². The quantitative estimate of drug-likeness (QED) is 0.867. The van der Waals surface area contributed by atoms with Crippen LogP contribution in [-0.2, 0) is 6.54 Å². The SMILES string of the molecule is Cc1ccc(Cl)c(NCc2ccccc2N2CCCC2)c1. The van der Waals surface area contributed by atoms with Gasteiger partial charge in [-0.15, -0.1) is 0 Å². The summed E-state index contributed by atoms with van der Waals surface area (Å²) in [6.45, 7) is 5.22. The van der Waals surface area contributed by atoms with Crippen LogP contribution in [0.3, 0.4) is 0 Å². The number of aryl methyl sites for hydroxylation is 1. The van der Waals surface area contributed by atoms with E-state index in [9.17, 15) is 0 Å². The maximum atomic E-state index is 6.26. The largest absolute Gasteiger partial charge is 0.380 e. The lowest BCUT2D eigenvalue weighted by Gasteiger charge is -2.22. The van der Waals surface area contributed by atoms with Crippen molar-refractivity contribution in [3.8, 4) is 0 Å². The fraction of sp³-hybridized carbons (Fsp3) is 0.333. The first-order valence-corrected chi connectivity index (χ1v) is 7.95. The molecular weight excluding hydrogens is 280 g/mol. The summed E-state index contributed by atoms with van der Waals surface area (Å²) < 4.78 is 0. The molecule has 2 aromatic rings. The number of nitrogens with one attached hydrogen (secondary N) is 1. The Balaban J connectivity index is 1.77. The molecule has 1 saturated heterocycles. The van der Waals surface area contributed by atoms with E-state index in [1.807, 2.05) is 12.1 Å². The first kappa shape index (κ1) is 14.3. The van der Waals surface area contributed by atoms with Crippen molar-refractivity contribution in [2.24, 2.45) is 0 Å². The van der Waals surface area contributed by atoms with Crippen LogP contribution in [0, 0.1) is 6.92 Å². The topological polar surface area (TPSA) is 15.3 Å². The standard InChI is InChI=1S/C18H21ClN2/c1-14-8-9-16(19)17(12-14)20-13-15-6-2-3-7-18(15)21-10-4-5-11-21/h2-3,6-9,12,20H,4-5,10-11,13H2,1H3. The molecule has 0 bridgehead atoms. The van der Waals surface area contributed by atoms with Crippen molar-refractivity contribution in [3.05, 3.63) is 58.6 Å². The summed E-state index contributed by atoms with van der Waals surface area (Å²) in [6, 6.07) is 14.7. The highest BCUT2D eigenvalue weighted by Gasteiger charge is 2.15. The average Bonchev–Trinajstić information content (AvgIpc) is 3.03. The Morgan fingerprint density at radius 3 is 2.67 bits per heavy atom. The van der Waals surface area contributed by atoms with E-state index in [0.29, 0.717) is 0 Å². The van der Waals surface area contributed by atoms with E-state index in [2.05, 4.69) is 47.5 Å². The fourth-order valence-corrected chi connectivity index (χ4v) is 3.08. The predicted octanol–water partition coefficient (Wildman–Crippen LogP) is 4.86. The van der Waals surface area contributed by atoms with E-state index in [1.54, 1.807) is 0 Å². The van der Waals surface area contributed by atoms with Gasteiger partial charge in [0, 0.05) is 25.3 Å². The zero-order valence-electron chi connectivity index (χ0n) is 12.4. The van der Waals surface area contributed by atoms with Crippen molar-refractivity contribution in [2.45, 2.75) is 26.3 Å². The summed E-state index contributed by atoms with van der Waals surface area (Å²) >= 11 is 6.26. The molecule has 3 heteroatoms. The van der Waals surface area contributed by atoms with Gasteiger partial charge >= 0.3 is 0 Å². The number of nitrogens with zero attached hydrogens (tertiary/aromatic N) is 1. The van der Waals surface area contributed by atoms with Gasteiger partial charge in [-0.25, -0.2) is 0 Å². The minimum absolute atomic E-state index is 0.777. The first-order valence-electron chi connectivity index (χ1n) is 7.57. The lowest BCUT2D eigenvalue weighted by molar-refractivity contribution is 0.949. The maximum absolute atomic E-state index is 6.26. The molecule has 0 aromatic heterocycles. The summed E-state index contributed by atoms with van der Waals surface area (Å²) in [5.41, 5.74) is 4.91. The van der Waals surface area contributed by atoms with E-state index in [1.165, 1.54) is 42.7 Å². The molecule has 1 aliphatic rings. The molecule has 0 amide bonds. The summed E-state index contributed by atoms with van der Waals surface area (Å²) in [5, 5.41) is 4.25. The van der Waals surface area contributed by atoms with Crippen LogP contribution in [0.1, 0.15) is 24.0 Å². The Hall–Kier alpha value is -1.67. The molecule has 1 aliphatic heterocycles. The van der Waals surface area contributed by atoms with Crippen LogP contribution >= 0.6 is 11.6 Å². The molecule has 1 N–H and O–H groups in total. The fourth-order valence-electron chi connectivity index (χ4n) is 2.89. The van der Waals surface area contributed by atoms with E-state index in [4.69, 9.17) is 11.6 Å². The highest BCUT2D eigenvalue weighted by atomic mass is 35.5. The van der Waals surface area contributed by atoms with Gasteiger partial charge < -0.3 is 10.2 Å². The molecule has 3 rings (SSSR count). The van der Waals surface area contributed by atoms with E-state index in [-0.39, 0.29) is 0 Å². The number of anilines is 2. The zero-order chi connectivity index (χ0) is 14.7. The van der Waals surface area contributed by atoms with Crippen LogP contribution in [0.15, 0.2) is 42.5 Å². The van der Waals surface area contributed by atoms with Crippen molar-refractivity contribution in [3.63, 3.8) is 0 Å². The Labute approximate surface area is 131 Å². The average molecular weight is 301 g/mol. The zero-order valence-corrected chi connectivity index (χ0v) is 13.2. The Bertz CT molecular complexity index is 618. The van der Waals surface area contributed by atoms with Crippen molar-refractivity contribution < 1.29 is 0 Å². The maximum Gasteiger partial charge on any atom is 0.0637 e. The second kappa shape index (κ2) is 6.40. The molecule has 1 fully saturated rings. The van der Waals surface area contributed by atoms with Gasteiger partial charge in [0.15, 0.2) is 0 Å². The van der Waals surface area contributed by atoms with Crippen LogP contribution in [0.4, 0.5) is 11.4 Å². The number of hydrogen-bond donors (Lipinski definition) is 1. The normalized spacial score (nSPS) is 14.5. The van der Waals surface area contributed by atoms with Gasteiger partial charge in [-0.3, -0.25) is 0 Å². The Morgan fingerprint density at radius 1 is 1.10 bits per heavy atom. The lowest BCUT2D eigenvalue weighted by atomic mass is 10.1. The summed E-state index contributed by atoms with van der Waals surface area (Å²) in [6.07, 6.45) is 2.59. The van der Waals surface area contributed by atoms with Gasteiger partial charge in [0.1, 0.15) is 0 Å². The summed E-state index contributed by atoms with van der Waals surface area (Å²) in [7, 11) is 0. The van der Waals surface area contributed by atoms with E-state index < -0.39 is 0 Å². The van der Waals surface area contributed by atoms with Gasteiger partial charge in [-0.1, -0.05) is 35.9 Å². The molecule has 0 aliphatic carbocycles. The number of hydrogen-bond acceptors (Lipinski definition) is 2. The number of rotatable bonds is 4. The van der Waals surface area contributed by atoms with Crippen LogP contribution in [0.5, 0.6) is 0 Å².